The van der Waals surface area contributed by atoms with Crippen molar-refractivity contribution >= 4 is 31.7 Å². The number of aromatic nitrogens is 4. The molecule has 4 rings (SSSR count). The number of carboxylic acids is 1. The number of alkyl halides is 3. The van der Waals surface area contributed by atoms with Crippen LogP contribution in [0.25, 0.3) is 22.5 Å². The van der Waals surface area contributed by atoms with Gasteiger partial charge in [0, 0.05) is 18.7 Å². The van der Waals surface area contributed by atoms with Crippen LogP contribution in [0, 0.1) is 0 Å². The SMILES string of the molecule is NCCS(=O)(=O)c1ccc(-c2ccc3c(c2)C(=O)NC3)c(-c2nn[nH]n2)c1S(N)(=O)=O.O=C(O)C(F)(F)F. The first-order chi connectivity index (χ1) is 17.6. The lowest BCUT2D eigenvalue weighted by atomic mass is 9.96. The van der Waals surface area contributed by atoms with Gasteiger partial charge >= 0.3 is 12.1 Å². The fourth-order valence-electron chi connectivity index (χ4n) is 3.47. The predicted molar refractivity (Wildman–Crippen MR) is 122 cm³/mol. The number of amides is 1. The van der Waals surface area contributed by atoms with Gasteiger partial charge < -0.3 is 16.2 Å². The standard InChI is InChI=1S/C17H17N7O5S2.C2HF3O2/c18-5-6-30(26,27)13-4-3-11(9-1-2-10-8-20-17(25)12(10)7-9)14(15(13)31(19,28)29)16-21-23-24-22-16;3-2(4,5)1(6)7/h1-4,7H,5-6,8,18H2,(H,20,25)(H2,19,28,29)(H,21,22,23,24);(H,6,7). The van der Waals surface area contributed by atoms with Crippen molar-refractivity contribution < 1.29 is 44.7 Å². The van der Waals surface area contributed by atoms with Gasteiger partial charge in [-0.3, -0.25) is 4.79 Å². The predicted octanol–water partition coefficient (Wildman–Crippen LogP) is -0.210. The highest BCUT2D eigenvalue weighted by atomic mass is 32.2. The van der Waals surface area contributed by atoms with E-state index >= 15 is 0 Å². The van der Waals surface area contributed by atoms with Crippen LogP contribution in [0.1, 0.15) is 15.9 Å². The summed E-state index contributed by atoms with van der Waals surface area (Å²) in [6.07, 6.45) is -5.08. The lowest BCUT2D eigenvalue weighted by Crippen LogP contribution is -2.22. The minimum atomic E-state index is -5.08. The third kappa shape index (κ3) is 5.96. The van der Waals surface area contributed by atoms with Crippen LogP contribution in [-0.4, -0.2) is 72.9 Å². The van der Waals surface area contributed by atoms with Crippen molar-refractivity contribution in [2.45, 2.75) is 22.5 Å². The monoisotopic (exact) mass is 577 g/mol. The van der Waals surface area contributed by atoms with Crippen molar-refractivity contribution in [3.05, 3.63) is 41.5 Å². The fourth-order valence-corrected chi connectivity index (χ4v) is 6.22. The van der Waals surface area contributed by atoms with Gasteiger partial charge in [0.25, 0.3) is 5.91 Å². The third-order valence-corrected chi connectivity index (χ3v) is 7.95. The van der Waals surface area contributed by atoms with Crippen LogP contribution >= 0.6 is 0 Å². The van der Waals surface area contributed by atoms with Gasteiger partial charge in [0.1, 0.15) is 4.90 Å². The maximum atomic E-state index is 12.7. The van der Waals surface area contributed by atoms with E-state index in [1.165, 1.54) is 6.07 Å². The first-order valence-electron chi connectivity index (χ1n) is 10.2. The van der Waals surface area contributed by atoms with Gasteiger partial charge in [-0.1, -0.05) is 18.2 Å². The first kappa shape index (κ1) is 28.6. The number of aromatic amines is 1. The van der Waals surface area contributed by atoms with Crippen molar-refractivity contribution in [1.82, 2.24) is 25.9 Å². The van der Waals surface area contributed by atoms with Crippen molar-refractivity contribution in [2.75, 3.05) is 12.3 Å². The van der Waals surface area contributed by atoms with Gasteiger partial charge in [0.2, 0.25) is 15.8 Å². The third-order valence-electron chi connectivity index (χ3n) is 5.04. The minimum absolute atomic E-state index is 0.146. The van der Waals surface area contributed by atoms with E-state index in [4.69, 9.17) is 20.8 Å². The zero-order valence-corrected chi connectivity index (χ0v) is 20.5. The zero-order chi connectivity index (χ0) is 28.5. The van der Waals surface area contributed by atoms with Gasteiger partial charge in [-0.05, 0) is 34.0 Å². The Morgan fingerprint density at radius 2 is 1.76 bits per heavy atom. The molecule has 19 heteroatoms. The molecule has 1 aliphatic rings. The number of sulfonamides is 1. The lowest BCUT2D eigenvalue weighted by Gasteiger charge is -2.16. The van der Waals surface area contributed by atoms with E-state index in [1.54, 1.807) is 18.2 Å². The number of benzene rings is 2. The number of carbonyl (C=O) groups excluding carboxylic acids is 1. The molecule has 1 aromatic heterocycles. The number of nitrogens with one attached hydrogen (secondary N) is 2. The quantitative estimate of drug-likeness (QED) is 0.257. The summed E-state index contributed by atoms with van der Waals surface area (Å²) in [5, 5.41) is 28.6. The normalized spacial score (nSPS) is 13.3. The molecule has 0 bridgehead atoms. The van der Waals surface area contributed by atoms with Crippen LogP contribution in [0.15, 0.2) is 40.1 Å². The summed E-state index contributed by atoms with van der Waals surface area (Å²) in [5.41, 5.74) is 7.16. The van der Waals surface area contributed by atoms with Crippen LogP contribution in [0.3, 0.4) is 0 Å². The highest BCUT2D eigenvalue weighted by Crippen LogP contribution is 2.39. The summed E-state index contributed by atoms with van der Waals surface area (Å²) >= 11 is 0. The Hall–Kier alpha value is -3.94. The second kappa shape index (κ2) is 10.4. The van der Waals surface area contributed by atoms with Crippen molar-refractivity contribution in [1.29, 1.82) is 0 Å². The molecule has 2 heterocycles. The largest absolute Gasteiger partial charge is 0.490 e. The second-order valence-corrected chi connectivity index (χ2v) is 11.1. The van der Waals surface area contributed by atoms with E-state index in [2.05, 4.69) is 25.9 Å². The van der Waals surface area contributed by atoms with Gasteiger partial charge in [-0.2, -0.15) is 18.4 Å². The Balaban J connectivity index is 0.000000505. The Morgan fingerprint density at radius 3 is 2.29 bits per heavy atom. The topological polar surface area (TPSA) is 241 Å². The minimum Gasteiger partial charge on any atom is -0.475 e. The van der Waals surface area contributed by atoms with Crippen molar-refractivity contribution in [3.63, 3.8) is 0 Å². The Morgan fingerprint density at radius 1 is 1.11 bits per heavy atom. The van der Waals surface area contributed by atoms with E-state index in [-0.39, 0.29) is 29.4 Å². The fraction of sp³-hybridized carbons (Fsp3) is 0.211. The number of rotatable bonds is 6. The highest BCUT2D eigenvalue weighted by molar-refractivity contribution is 7.93. The molecule has 7 N–H and O–H groups in total. The van der Waals surface area contributed by atoms with Gasteiger partial charge in [-0.15, -0.1) is 10.2 Å². The number of hydrogen-bond donors (Lipinski definition) is 5. The summed E-state index contributed by atoms with van der Waals surface area (Å²) in [5.74, 6) is -3.69. The average Bonchev–Trinajstić information content (AvgIpc) is 3.47. The summed E-state index contributed by atoms with van der Waals surface area (Å²) in [6, 6.07) is 7.55. The van der Waals surface area contributed by atoms with Crippen LogP contribution < -0.4 is 16.2 Å². The maximum absolute atomic E-state index is 12.7. The first-order valence-corrected chi connectivity index (χ1v) is 13.4. The van der Waals surface area contributed by atoms with Crippen LogP contribution in [-0.2, 0) is 31.2 Å². The van der Waals surface area contributed by atoms with Crippen LogP contribution in [0.5, 0.6) is 0 Å². The smallest absolute Gasteiger partial charge is 0.475 e. The molecule has 14 nitrogen and oxygen atoms in total. The van der Waals surface area contributed by atoms with Crippen LogP contribution in [0.4, 0.5) is 13.2 Å². The Labute approximate surface area is 212 Å². The number of carboxylic acid groups (broad SMARTS) is 1. The van der Waals surface area contributed by atoms with Crippen LogP contribution in [0.2, 0.25) is 0 Å². The number of tetrazole rings is 1. The number of primary sulfonamides is 1. The van der Waals surface area contributed by atoms with Crippen molar-refractivity contribution in [2.24, 2.45) is 10.9 Å². The van der Waals surface area contributed by atoms with Gasteiger partial charge in [0.15, 0.2) is 9.84 Å². The number of halogens is 3. The molecule has 204 valence electrons. The Bertz CT molecular complexity index is 1610. The summed E-state index contributed by atoms with van der Waals surface area (Å²) in [6.45, 7) is 0.163. The molecule has 1 amide bonds. The number of fused-ring (bicyclic) bond motifs is 1. The average molecular weight is 578 g/mol. The van der Waals surface area contributed by atoms with E-state index in [0.717, 1.165) is 11.6 Å². The van der Waals surface area contributed by atoms with E-state index < -0.39 is 47.5 Å². The molecule has 0 atom stereocenters. The molecule has 0 saturated carbocycles. The molecular formula is C19H18F3N7O7S2. The zero-order valence-electron chi connectivity index (χ0n) is 18.9. The number of aliphatic carboxylic acids is 1. The number of nitrogens with zero attached hydrogens (tertiary/aromatic N) is 3. The number of H-pyrrole nitrogens is 1. The molecule has 0 spiro atoms. The molecule has 2 aromatic carbocycles. The molecule has 1 aliphatic heterocycles. The van der Waals surface area contributed by atoms with E-state index in [9.17, 15) is 34.8 Å². The summed E-state index contributed by atoms with van der Waals surface area (Å²) < 4.78 is 82.4. The lowest BCUT2D eigenvalue weighted by molar-refractivity contribution is -0.192. The molecule has 0 unspecified atom stereocenters. The Kier molecular flexibility index (Phi) is 7.86. The number of hydrogen-bond acceptors (Lipinski definition) is 10. The highest BCUT2D eigenvalue weighted by Gasteiger charge is 2.38. The van der Waals surface area contributed by atoms with E-state index in [0.29, 0.717) is 17.7 Å². The molecule has 0 fully saturated rings. The molecule has 38 heavy (non-hydrogen) atoms. The molecule has 0 radical (unpaired) electrons. The van der Waals surface area contributed by atoms with Gasteiger partial charge in [-0.25, -0.2) is 26.8 Å². The molecular weight excluding hydrogens is 559 g/mol. The molecule has 0 saturated heterocycles. The number of sulfone groups is 1. The second-order valence-electron chi connectivity index (χ2n) is 7.56. The maximum Gasteiger partial charge on any atom is 0.490 e. The summed E-state index contributed by atoms with van der Waals surface area (Å²) in [7, 11) is -8.65. The number of nitrogens with two attached hydrogens (primary N) is 2. The summed E-state index contributed by atoms with van der Waals surface area (Å²) in [4.78, 5) is 19.8. The molecule has 0 aliphatic carbocycles. The molecule has 3 aromatic rings. The van der Waals surface area contributed by atoms with Gasteiger partial charge in [0.05, 0.1) is 16.2 Å². The van der Waals surface area contributed by atoms with Crippen molar-refractivity contribution in [3.8, 4) is 22.5 Å². The van der Waals surface area contributed by atoms with E-state index in [1.807, 2.05) is 0 Å². The number of carbonyl (C=O) groups is 2.